The lowest BCUT2D eigenvalue weighted by molar-refractivity contribution is 0.241. The van der Waals surface area contributed by atoms with Crippen LogP contribution in [0.2, 0.25) is 0 Å². The maximum Gasteiger partial charge on any atom is 0.319 e. The third-order valence-electron chi connectivity index (χ3n) is 10.5. The Bertz CT molecular complexity index is 1120. The summed E-state index contributed by atoms with van der Waals surface area (Å²) in [5, 5.41) is 12.3. The van der Waals surface area contributed by atoms with E-state index in [1.807, 2.05) is 36.4 Å². The van der Waals surface area contributed by atoms with E-state index in [9.17, 15) is 9.59 Å². The summed E-state index contributed by atoms with van der Waals surface area (Å²) in [4.78, 5) is 30.8. The van der Waals surface area contributed by atoms with Gasteiger partial charge in [0.05, 0.1) is 0 Å². The summed E-state index contributed by atoms with van der Waals surface area (Å²) in [6, 6.07) is 15.7. The molecule has 0 radical (unpaired) electrons. The molecular formula is C47H82N6O2. The van der Waals surface area contributed by atoms with Gasteiger partial charge in [-0.1, -0.05) is 155 Å². The summed E-state index contributed by atoms with van der Waals surface area (Å²) >= 11 is 0. The van der Waals surface area contributed by atoms with Gasteiger partial charge in [0.2, 0.25) is 0 Å². The van der Waals surface area contributed by atoms with Gasteiger partial charge in [-0.25, -0.2) is 9.59 Å². The predicted molar refractivity (Wildman–Crippen MR) is 238 cm³/mol. The van der Waals surface area contributed by atoms with Gasteiger partial charge in [-0.05, 0) is 93.7 Å². The van der Waals surface area contributed by atoms with Crippen molar-refractivity contribution < 1.29 is 9.59 Å². The van der Waals surface area contributed by atoms with Crippen LogP contribution in [0.1, 0.15) is 167 Å². The van der Waals surface area contributed by atoms with Crippen LogP contribution in [0.3, 0.4) is 0 Å². The fraction of sp³-hybridized carbons (Fsp3) is 0.702. The van der Waals surface area contributed by atoms with E-state index in [0.29, 0.717) is 19.5 Å². The molecule has 2 rings (SSSR count). The predicted octanol–water partition coefficient (Wildman–Crippen LogP) is 12.0. The fourth-order valence-electron chi connectivity index (χ4n) is 7.19. The minimum atomic E-state index is -0.165. The molecule has 0 saturated heterocycles. The first-order chi connectivity index (χ1) is 27.0. The Morgan fingerprint density at radius 1 is 0.436 bits per heavy atom. The average Bonchev–Trinajstić information content (AvgIpc) is 3.17. The standard InChI is InChI=1S/C47H82N6O2/c1-5-9-13-17-21-33-52(34-22-18-14-10-6-2)37-31-48-46(54)50-44-29-25-27-42(40-44)39-43-28-26-30-45(41-43)51-47(55)49-32-38-53(35-23-19-15-11-7-3)36-24-20-16-12-8-4/h25-30,40-41H,5-24,31-39H2,1-4H3,(H2,48,50,54)(H2,49,51,55). The van der Waals surface area contributed by atoms with E-state index in [-0.39, 0.29) is 12.1 Å². The van der Waals surface area contributed by atoms with Gasteiger partial charge in [-0.2, -0.15) is 0 Å². The summed E-state index contributed by atoms with van der Waals surface area (Å²) in [6.07, 6.45) is 26.4. The lowest BCUT2D eigenvalue weighted by Gasteiger charge is -2.22. The number of amides is 4. The highest BCUT2D eigenvalue weighted by Gasteiger charge is 2.10. The third-order valence-corrected chi connectivity index (χ3v) is 10.5. The van der Waals surface area contributed by atoms with Crippen molar-refractivity contribution in [3.8, 4) is 0 Å². The van der Waals surface area contributed by atoms with E-state index < -0.39 is 0 Å². The molecule has 4 amide bonds. The number of anilines is 2. The summed E-state index contributed by atoms with van der Waals surface area (Å²) in [5.41, 5.74) is 3.76. The summed E-state index contributed by atoms with van der Waals surface area (Å²) in [7, 11) is 0. The molecule has 8 heteroatoms. The van der Waals surface area contributed by atoms with Crippen LogP contribution in [0.25, 0.3) is 0 Å². The van der Waals surface area contributed by atoms with Crippen LogP contribution in [-0.4, -0.2) is 74.2 Å². The number of urea groups is 2. The Balaban J connectivity index is 1.80. The number of unbranched alkanes of at least 4 members (excludes halogenated alkanes) is 16. The fourth-order valence-corrected chi connectivity index (χ4v) is 7.19. The van der Waals surface area contributed by atoms with E-state index in [1.54, 1.807) is 0 Å². The molecule has 0 spiro atoms. The van der Waals surface area contributed by atoms with Crippen molar-refractivity contribution in [3.63, 3.8) is 0 Å². The van der Waals surface area contributed by atoms with E-state index in [1.165, 1.54) is 128 Å². The van der Waals surface area contributed by atoms with Crippen molar-refractivity contribution in [1.82, 2.24) is 20.4 Å². The molecule has 312 valence electrons. The van der Waals surface area contributed by atoms with Gasteiger partial charge in [0, 0.05) is 37.6 Å². The molecule has 0 aromatic heterocycles. The van der Waals surface area contributed by atoms with Gasteiger partial charge >= 0.3 is 12.1 Å². The molecule has 0 bridgehead atoms. The van der Waals surface area contributed by atoms with Gasteiger partial charge in [0.25, 0.3) is 0 Å². The Labute approximate surface area is 337 Å². The second-order valence-corrected chi connectivity index (χ2v) is 15.7. The van der Waals surface area contributed by atoms with Crippen molar-refractivity contribution in [3.05, 3.63) is 59.7 Å². The number of carbonyl (C=O) groups excluding carboxylic acids is 2. The second kappa shape index (κ2) is 33.1. The number of benzene rings is 2. The number of hydrogen-bond acceptors (Lipinski definition) is 4. The van der Waals surface area contributed by atoms with Gasteiger partial charge in [-0.15, -0.1) is 0 Å². The monoisotopic (exact) mass is 763 g/mol. The molecule has 0 aliphatic rings. The quantitative estimate of drug-likeness (QED) is 0.0535. The molecule has 0 saturated carbocycles. The molecule has 8 nitrogen and oxygen atoms in total. The maximum absolute atomic E-state index is 12.9. The van der Waals surface area contributed by atoms with Crippen LogP contribution < -0.4 is 21.3 Å². The van der Waals surface area contributed by atoms with Crippen LogP contribution in [-0.2, 0) is 6.42 Å². The first-order valence-electron chi connectivity index (χ1n) is 22.7. The number of rotatable bonds is 34. The van der Waals surface area contributed by atoms with Crippen molar-refractivity contribution in [1.29, 1.82) is 0 Å². The van der Waals surface area contributed by atoms with Gasteiger partial charge < -0.3 is 31.1 Å². The molecular weight excluding hydrogens is 681 g/mol. The number of carbonyl (C=O) groups is 2. The van der Waals surface area contributed by atoms with E-state index in [2.05, 4.69) is 70.9 Å². The third kappa shape index (κ3) is 25.6. The number of hydrogen-bond donors (Lipinski definition) is 4. The molecule has 0 atom stereocenters. The summed E-state index contributed by atoms with van der Waals surface area (Å²) in [6.45, 7) is 16.5. The van der Waals surface area contributed by atoms with E-state index >= 15 is 0 Å². The smallest absolute Gasteiger partial charge is 0.319 e. The lowest BCUT2D eigenvalue weighted by atomic mass is 10.0. The summed E-state index contributed by atoms with van der Waals surface area (Å²) in [5.74, 6) is 0. The highest BCUT2D eigenvalue weighted by atomic mass is 16.2. The van der Waals surface area contributed by atoms with Gasteiger partial charge in [0.1, 0.15) is 0 Å². The molecule has 2 aromatic carbocycles. The van der Waals surface area contributed by atoms with E-state index in [0.717, 1.165) is 61.8 Å². The second-order valence-electron chi connectivity index (χ2n) is 15.7. The maximum atomic E-state index is 12.9. The first-order valence-corrected chi connectivity index (χ1v) is 22.7. The average molecular weight is 763 g/mol. The lowest BCUT2D eigenvalue weighted by Crippen LogP contribution is -2.37. The van der Waals surface area contributed by atoms with Crippen LogP contribution in [0, 0.1) is 0 Å². The molecule has 4 N–H and O–H groups in total. The Morgan fingerprint density at radius 3 is 1.09 bits per heavy atom. The largest absolute Gasteiger partial charge is 0.337 e. The minimum Gasteiger partial charge on any atom is -0.337 e. The normalized spacial score (nSPS) is 11.3. The first kappa shape index (κ1) is 48.0. The molecule has 0 aliphatic heterocycles. The van der Waals surface area contributed by atoms with Gasteiger partial charge in [-0.3, -0.25) is 0 Å². The Kier molecular flexibility index (Phi) is 28.9. The number of nitrogens with one attached hydrogen (secondary N) is 4. The van der Waals surface area contributed by atoms with Crippen LogP contribution in [0.4, 0.5) is 21.0 Å². The molecule has 0 heterocycles. The zero-order valence-corrected chi connectivity index (χ0v) is 35.8. The molecule has 0 aliphatic carbocycles. The van der Waals surface area contributed by atoms with Gasteiger partial charge in [0.15, 0.2) is 0 Å². The molecule has 55 heavy (non-hydrogen) atoms. The Morgan fingerprint density at radius 2 is 0.764 bits per heavy atom. The SMILES string of the molecule is CCCCCCCN(CCCCCCC)CCNC(=O)Nc1cccc(Cc2cccc(NC(=O)NCCN(CCCCCCC)CCCCCCC)c2)c1. The van der Waals surface area contributed by atoms with Crippen molar-refractivity contribution >= 4 is 23.4 Å². The zero-order chi connectivity index (χ0) is 39.6. The number of nitrogens with zero attached hydrogens (tertiary/aromatic N) is 2. The van der Waals surface area contributed by atoms with Crippen molar-refractivity contribution in [2.75, 3.05) is 63.0 Å². The van der Waals surface area contributed by atoms with Crippen LogP contribution in [0.15, 0.2) is 48.5 Å². The summed E-state index contributed by atoms with van der Waals surface area (Å²) < 4.78 is 0. The van der Waals surface area contributed by atoms with Crippen LogP contribution in [0.5, 0.6) is 0 Å². The van der Waals surface area contributed by atoms with E-state index in [4.69, 9.17) is 0 Å². The highest BCUT2D eigenvalue weighted by molar-refractivity contribution is 5.90. The van der Waals surface area contributed by atoms with Crippen LogP contribution >= 0.6 is 0 Å². The minimum absolute atomic E-state index is 0.165. The molecule has 2 aromatic rings. The molecule has 0 fully saturated rings. The Hall–Kier alpha value is -3.10. The molecule has 0 unspecified atom stereocenters. The van der Waals surface area contributed by atoms with Crippen molar-refractivity contribution in [2.45, 2.75) is 163 Å². The zero-order valence-electron chi connectivity index (χ0n) is 35.8. The highest BCUT2D eigenvalue weighted by Crippen LogP contribution is 2.18. The topological polar surface area (TPSA) is 88.7 Å². The van der Waals surface area contributed by atoms with Crippen molar-refractivity contribution in [2.24, 2.45) is 0 Å².